The van der Waals surface area contributed by atoms with Gasteiger partial charge >= 0.3 is 154 Å². The van der Waals surface area contributed by atoms with Crippen LogP contribution in [0.2, 0.25) is 0 Å². The summed E-state index contributed by atoms with van der Waals surface area (Å²) in [7, 11) is 0. The van der Waals surface area contributed by atoms with E-state index in [1.54, 1.807) is 12.1 Å². The third kappa shape index (κ3) is 3.73. The van der Waals surface area contributed by atoms with Gasteiger partial charge in [0.05, 0.1) is 0 Å². The van der Waals surface area contributed by atoms with Gasteiger partial charge in [-0.1, -0.05) is 0 Å². The maximum atomic E-state index is 14.0. The molecule has 2 aromatic rings. The molecule has 1 heterocycles. The van der Waals surface area contributed by atoms with Gasteiger partial charge in [0.2, 0.25) is 0 Å². The summed E-state index contributed by atoms with van der Waals surface area (Å²) in [6, 6.07) is 10.2. The minimum atomic E-state index is -2.56. The molecule has 0 saturated carbocycles. The summed E-state index contributed by atoms with van der Waals surface area (Å²) < 4.78 is 32.8. The van der Waals surface area contributed by atoms with E-state index in [2.05, 4.69) is 0 Å². The molecule has 3 rings (SSSR count). The van der Waals surface area contributed by atoms with E-state index in [0.717, 1.165) is 3.57 Å². The molecule has 0 radical (unpaired) electrons. The van der Waals surface area contributed by atoms with Gasteiger partial charge in [0.1, 0.15) is 0 Å². The number of ether oxygens (including phenoxy) is 2. The van der Waals surface area contributed by atoms with Gasteiger partial charge in [0, 0.05) is 0 Å². The fraction of sp³-hybridized carbons (Fsp3) is 0.316. The summed E-state index contributed by atoms with van der Waals surface area (Å²) in [4.78, 5) is 12.1. The zero-order chi connectivity index (χ0) is 18.1. The Morgan fingerprint density at radius 1 is 1.00 bits per heavy atom. The molecule has 134 valence electrons. The predicted octanol–water partition coefficient (Wildman–Crippen LogP) is 5.03. The van der Waals surface area contributed by atoms with Gasteiger partial charge < -0.3 is 0 Å². The molecule has 0 N–H and O–H groups in total. The fourth-order valence-corrected chi connectivity index (χ4v) is 6.95. The van der Waals surface area contributed by atoms with Crippen molar-refractivity contribution in [3.8, 4) is 11.5 Å². The molecular formula is C19H20FIO4. The minimum absolute atomic E-state index is 0.0377. The number of fused-ring (bicyclic) bond motifs is 1. The Balaban J connectivity index is 2.05. The van der Waals surface area contributed by atoms with Crippen LogP contribution >= 0.6 is 20.2 Å². The van der Waals surface area contributed by atoms with Crippen LogP contribution < -0.4 is 9.47 Å². The summed E-state index contributed by atoms with van der Waals surface area (Å²) in [6.07, 6.45) is -0.00935. The number of hydrogen-bond donors (Lipinski definition) is 0. The summed E-state index contributed by atoms with van der Waals surface area (Å²) in [5.41, 5.74) is 0.0608. The van der Waals surface area contributed by atoms with Gasteiger partial charge in [0.15, 0.2) is 0 Å². The Bertz CT molecular complexity index is 804. The van der Waals surface area contributed by atoms with Gasteiger partial charge in [-0.25, -0.2) is 0 Å². The number of carbonyl (C=O) groups is 1. The molecule has 0 spiro atoms. The number of rotatable bonds is 5. The molecule has 0 saturated heterocycles. The molecule has 2 aromatic carbocycles. The molecule has 1 aliphatic rings. The van der Waals surface area contributed by atoms with Gasteiger partial charge in [0.25, 0.3) is 0 Å². The predicted molar refractivity (Wildman–Crippen MR) is 101 cm³/mol. The van der Waals surface area contributed by atoms with Gasteiger partial charge in [-0.05, 0) is 0 Å². The fourth-order valence-electron chi connectivity index (χ4n) is 2.45. The molecule has 0 fully saturated rings. The Hall–Kier alpha value is -1.83. The standard InChI is InChI=1S/C19H20FIO4/c1-11(2)23-13-8-9-15(17(10-13)24-12(3)4)21-16-7-5-6-14(20)18(16)19(22)25-21/h5-12H,1-4H3. The second-order valence-corrected chi connectivity index (χ2v) is 10.3. The second-order valence-electron chi connectivity index (χ2n) is 6.14. The molecule has 0 unspecified atom stereocenters. The van der Waals surface area contributed by atoms with E-state index in [4.69, 9.17) is 12.5 Å². The molecule has 6 heteroatoms. The van der Waals surface area contributed by atoms with Crippen molar-refractivity contribution in [1.82, 2.24) is 0 Å². The topological polar surface area (TPSA) is 44.8 Å². The first-order valence-corrected chi connectivity index (χ1v) is 11.1. The third-order valence-electron chi connectivity index (χ3n) is 3.32. The second kappa shape index (κ2) is 7.19. The SMILES string of the molecule is CC(C)Oc1ccc(I2OC(=O)c3c(F)cccc32)c(OC(C)C)c1. The van der Waals surface area contributed by atoms with E-state index < -0.39 is 32.0 Å². The van der Waals surface area contributed by atoms with Crippen LogP contribution in [-0.2, 0) is 3.07 Å². The zero-order valence-electron chi connectivity index (χ0n) is 14.5. The molecule has 0 amide bonds. The van der Waals surface area contributed by atoms with E-state index in [1.807, 2.05) is 45.9 Å². The summed E-state index contributed by atoms with van der Waals surface area (Å²) in [6.45, 7) is 7.75. The van der Waals surface area contributed by atoms with Crippen LogP contribution in [0.1, 0.15) is 38.1 Å². The third-order valence-corrected chi connectivity index (χ3v) is 8.06. The van der Waals surface area contributed by atoms with Crippen molar-refractivity contribution >= 4 is 26.2 Å². The van der Waals surface area contributed by atoms with E-state index in [9.17, 15) is 9.18 Å². The average molecular weight is 458 g/mol. The van der Waals surface area contributed by atoms with Crippen molar-refractivity contribution in [3.63, 3.8) is 0 Å². The summed E-state index contributed by atoms with van der Waals surface area (Å²) in [5.74, 6) is 0.197. The molecule has 0 bridgehead atoms. The first kappa shape index (κ1) is 18.0. The van der Waals surface area contributed by atoms with Crippen LogP contribution in [0.4, 0.5) is 4.39 Å². The molecule has 25 heavy (non-hydrogen) atoms. The molecule has 0 atom stereocenters. The van der Waals surface area contributed by atoms with Crippen LogP contribution in [-0.4, -0.2) is 18.2 Å². The first-order chi connectivity index (χ1) is 11.9. The first-order valence-electron chi connectivity index (χ1n) is 8.05. The Kier molecular flexibility index (Phi) is 5.17. The van der Waals surface area contributed by atoms with Crippen LogP contribution in [0.3, 0.4) is 0 Å². The van der Waals surface area contributed by atoms with Gasteiger partial charge in [-0.3, -0.25) is 0 Å². The number of halogens is 2. The van der Waals surface area contributed by atoms with E-state index in [0.29, 0.717) is 15.1 Å². The number of carbonyl (C=O) groups excluding carboxylic acids is 1. The number of benzene rings is 2. The molecule has 4 nitrogen and oxygen atoms in total. The zero-order valence-corrected chi connectivity index (χ0v) is 16.7. The van der Waals surface area contributed by atoms with Gasteiger partial charge in [-0.15, -0.1) is 0 Å². The summed E-state index contributed by atoms with van der Waals surface area (Å²) >= 11 is -2.56. The quantitative estimate of drug-likeness (QED) is 0.590. The van der Waals surface area contributed by atoms with Gasteiger partial charge in [-0.2, -0.15) is 0 Å². The molecular weight excluding hydrogens is 438 g/mol. The van der Waals surface area contributed by atoms with Crippen LogP contribution in [0, 0.1) is 13.0 Å². The van der Waals surface area contributed by atoms with Crippen LogP contribution in [0.25, 0.3) is 0 Å². The van der Waals surface area contributed by atoms with Crippen molar-refractivity contribution in [3.05, 3.63) is 54.9 Å². The van der Waals surface area contributed by atoms with Crippen molar-refractivity contribution < 1.29 is 21.7 Å². The van der Waals surface area contributed by atoms with Crippen LogP contribution in [0.15, 0.2) is 36.4 Å². The Morgan fingerprint density at radius 2 is 1.72 bits per heavy atom. The summed E-state index contributed by atoms with van der Waals surface area (Å²) in [5, 5.41) is 0. The van der Waals surface area contributed by atoms with Crippen molar-refractivity contribution in [2.75, 3.05) is 0 Å². The molecule has 0 aliphatic carbocycles. The van der Waals surface area contributed by atoms with Crippen molar-refractivity contribution in [1.29, 1.82) is 0 Å². The maximum absolute atomic E-state index is 14.0. The van der Waals surface area contributed by atoms with E-state index >= 15 is 0 Å². The Labute approximate surface area is 154 Å². The average Bonchev–Trinajstić information content (AvgIpc) is 2.84. The monoisotopic (exact) mass is 458 g/mol. The molecule has 0 aromatic heterocycles. The van der Waals surface area contributed by atoms with E-state index in [-0.39, 0.29) is 17.8 Å². The van der Waals surface area contributed by atoms with Crippen molar-refractivity contribution in [2.24, 2.45) is 0 Å². The normalized spacial score (nSPS) is 14.7. The van der Waals surface area contributed by atoms with Crippen LogP contribution in [0.5, 0.6) is 11.5 Å². The molecule has 1 aliphatic heterocycles. The Morgan fingerprint density at radius 3 is 2.40 bits per heavy atom. The van der Waals surface area contributed by atoms with Crippen molar-refractivity contribution in [2.45, 2.75) is 39.9 Å². The van der Waals surface area contributed by atoms with E-state index in [1.165, 1.54) is 6.07 Å². The number of hydrogen-bond acceptors (Lipinski definition) is 4.